The Morgan fingerprint density at radius 1 is 1.03 bits per heavy atom. The Hall–Kier alpha value is -6.06. The van der Waals surface area contributed by atoms with Crippen molar-refractivity contribution in [3.05, 3.63) is 131 Å². The van der Waals surface area contributed by atoms with Gasteiger partial charge in [0.15, 0.2) is 5.82 Å². The van der Waals surface area contributed by atoms with E-state index in [9.17, 15) is 40.4 Å². The van der Waals surface area contributed by atoms with Crippen LogP contribution in [0, 0.1) is 32.4 Å². The summed E-state index contributed by atoms with van der Waals surface area (Å²) in [6.07, 6.45) is -2.83. The number of nitrogens with one attached hydrogen (secondary N) is 2. The average molecular weight is 1040 g/mol. The van der Waals surface area contributed by atoms with Crippen molar-refractivity contribution in [3.8, 4) is 22.9 Å². The van der Waals surface area contributed by atoms with Gasteiger partial charge in [0.05, 0.1) is 16.8 Å². The minimum absolute atomic E-state index is 0.00470. The first-order valence-electron chi connectivity index (χ1n) is 18.8. The van der Waals surface area contributed by atoms with E-state index in [2.05, 4.69) is 20.2 Å². The monoisotopic (exact) mass is 1040 g/mol. The van der Waals surface area contributed by atoms with Crippen LogP contribution in [0.2, 0.25) is 5.02 Å². The number of aryl methyl sites for hydroxylation is 1. The van der Waals surface area contributed by atoms with Crippen molar-refractivity contribution in [2.45, 2.75) is 35.3 Å². The van der Waals surface area contributed by atoms with E-state index < -0.39 is 105 Å². The summed E-state index contributed by atoms with van der Waals surface area (Å²) in [6, 6.07) is 13.5. The molecular formula is C41H28ClF7IN9O4S. The Morgan fingerprint density at radius 3 is 2.42 bits per heavy atom. The summed E-state index contributed by atoms with van der Waals surface area (Å²) in [6.45, 7) is -1.00. The van der Waals surface area contributed by atoms with Crippen LogP contribution in [0.1, 0.15) is 40.8 Å². The molecule has 2 aliphatic heterocycles. The number of amides is 1. The normalized spacial score (nSPS) is 16.2. The fraction of sp³-hybridized carbons (Fsp3) is 0.220. The van der Waals surface area contributed by atoms with Crippen molar-refractivity contribution in [2.75, 3.05) is 15.4 Å². The number of halogens is 9. The van der Waals surface area contributed by atoms with Crippen molar-refractivity contribution in [3.63, 3.8) is 0 Å². The molecule has 0 radical (unpaired) electrons. The molecule has 23 heteroatoms. The number of sulfonamides is 1. The number of carbonyl (C=O) groups is 1. The zero-order valence-electron chi connectivity index (χ0n) is 32.8. The first kappa shape index (κ1) is 43.2. The first-order chi connectivity index (χ1) is 30.2. The molecule has 13 nitrogen and oxygen atoms in total. The molecule has 2 atom stereocenters. The number of anilines is 1. The summed E-state index contributed by atoms with van der Waals surface area (Å²) >= 11 is 3.95. The standard InChI is InChI=1S/C41H28ClF7IN9O4S/c1-57-35-29(8-6-25(42)32(35)38(55-57)56-64(2,62)63)59-39(53-27-13-20(3-5-24(27)40(59)61)19-4-7-26(45)21(12-19)16-51)28(11-18-9-22(43)14-23(44)10-18)52-31(60)17-58-36-33(34(54-58)37(46)47)50-15-30(50)41(36,48)49/h3-10,12-14,28,30,37H,11,15,17H2,1-2H3,(H,52,60)(H,55,56)/t28-,30?/m0/s1. The topological polar surface area (TPSA) is 170 Å². The zero-order chi connectivity index (χ0) is 45.7. The fourth-order valence-electron chi connectivity index (χ4n) is 7.97. The van der Waals surface area contributed by atoms with E-state index in [-0.39, 0.29) is 63.3 Å². The molecule has 0 bridgehead atoms. The molecule has 5 heterocycles. The van der Waals surface area contributed by atoms with Crippen LogP contribution >= 0.6 is 31.4 Å². The van der Waals surface area contributed by atoms with Gasteiger partial charge in [0.25, 0.3) is 0 Å². The molecule has 1 fully saturated rings. The maximum atomic E-state index is 15.6. The van der Waals surface area contributed by atoms with Crippen LogP contribution in [-0.2, 0) is 40.8 Å². The predicted molar refractivity (Wildman–Crippen MR) is 229 cm³/mol. The predicted octanol–water partition coefficient (Wildman–Crippen LogP) is 7.65. The third-order valence-corrected chi connectivity index (χ3v) is 17.7. The van der Waals surface area contributed by atoms with Gasteiger partial charge in [-0.1, -0.05) is 23.7 Å². The van der Waals surface area contributed by atoms with Gasteiger partial charge in [-0.25, -0.2) is 12.8 Å². The van der Waals surface area contributed by atoms with Gasteiger partial charge < -0.3 is 0 Å². The number of hydrogen-bond donors (Lipinski definition) is 2. The van der Waals surface area contributed by atoms with Crippen LogP contribution in [0.4, 0.5) is 36.6 Å². The second-order valence-electron chi connectivity index (χ2n) is 15.0. The number of benzene rings is 4. The Kier molecular flexibility index (Phi) is 10.5. The summed E-state index contributed by atoms with van der Waals surface area (Å²) in [7, 11) is -2.52. The maximum absolute atomic E-state index is 15.6. The third-order valence-electron chi connectivity index (χ3n) is 10.7. The van der Waals surface area contributed by atoms with Gasteiger partial charge in [-0.2, -0.15) is 10.4 Å². The van der Waals surface area contributed by atoms with Crippen LogP contribution in [0.3, 0.4) is 0 Å². The molecule has 64 heavy (non-hydrogen) atoms. The molecule has 0 spiro atoms. The van der Waals surface area contributed by atoms with Crippen molar-refractivity contribution >= 4 is 75.0 Å². The Balaban J connectivity index is 1.27. The van der Waals surface area contributed by atoms with Crippen molar-refractivity contribution < 1.29 is 43.9 Å². The van der Waals surface area contributed by atoms with E-state index in [1.165, 1.54) is 54.2 Å². The van der Waals surface area contributed by atoms with E-state index in [0.29, 0.717) is 21.9 Å². The summed E-state index contributed by atoms with van der Waals surface area (Å²) in [5.41, 5.74) is -2.03. The van der Waals surface area contributed by atoms with Crippen LogP contribution in [0.5, 0.6) is 0 Å². The second kappa shape index (κ2) is 15.6. The number of nitriles is 1. The molecule has 2 N–H and O–H groups in total. The van der Waals surface area contributed by atoms with Gasteiger partial charge in [0, 0.05) is 7.05 Å². The Bertz CT molecular complexity index is 3350. The van der Waals surface area contributed by atoms with Crippen molar-refractivity contribution in [1.82, 2.24) is 34.4 Å². The summed E-state index contributed by atoms with van der Waals surface area (Å²) in [4.78, 5) is 34.0. The quantitative estimate of drug-likeness (QED) is 0.0757. The number of carbonyl (C=O) groups excluding carboxylic acids is 1. The van der Waals surface area contributed by atoms with E-state index in [1.807, 2.05) is 0 Å². The number of alkyl halides is 6. The molecular weight excluding hydrogens is 1010 g/mol. The van der Waals surface area contributed by atoms with E-state index >= 15 is 13.6 Å². The van der Waals surface area contributed by atoms with Crippen molar-refractivity contribution in [2.24, 2.45) is 7.05 Å². The Labute approximate surface area is 368 Å². The average Bonchev–Trinajstić information content (AvgIpc) is 3.76. The van der Waals surface area contributed by atoms with Crippen LogP contribution in [-0.4, -0.2) is 58.0 Å². The summed E-state index contributed by atoms with van der Waals surface area (Å²) < 4.78 is 132. The minimum atomic E-state index is -3.94. The fourth-order valence-corrected chi connectivity index (χ4v) is 15.8. The van der Waals surface area contributed by atoms with Gasteiger partial charge in [-0.3, -0.25) is 4.72 Å². The number of aromatic nitrogens is 6. The second-order valence-corrected chi connectivity index (χ2v) is 22.9. The molecule has 2 aliphatic rings. The molecule has 0 aliphatic carbocycles. The van der Waals surface area contributed by atoms with Gasteiger partial charge in [-0.15, -0.1) is 0 Å². The van der Waals surface area contributed by atoms with Gasteiger partial charge in [-0.05, 0) is 17.7 Å². The van der Waals surface area contributed by atoms with E-state index in [1.54, 1.807) is 6.07 Å². The molecule has 1 saturated heterocycles. The molecule has 7 aromatic rings. The molecule has 1 unspecified atom stereocenters. The van der Waals surface area contributed by atoms with Gasteiger partial charge in [0.2, 0.25) is 10.0 Å². The molecule has 9 rings (SSSR count). The molecule has 3 aromatic heterocycles. The van der Waals surface area contributed by atoms with Gasteiger partial charge in [0.1, 0.15) is 11.9 Å². The van der Waals surface area contributed by atoms with E-state index in [0.717, 1.165) is 29.0 Å². The van der Waals surface area contributed by atoms with Crippen LogP contribution in [0.25, 0.3) is 38.6 Å². The molecule has 1 amide bonds. The number of fused-ring (bicyclic) bond motifs is 5. The number of rotatable bonds is 11. The van der Waals surface area contributed by atoms with E-state index in [4.69, 9.17) is 16.6 Å². The number of nitrogens with zero attached hydrogens (tertiary/aromatic N) is 7. The van der Waals surface area contributed by atoms with Crippen LogP contribution in [0.15, 0.2) is 71.5 Å². The summed E-state index contributed by atoms with van der Waals surface area (Å²) in [5, 5.41) is 20.1. The first-order valence-corrected chi connectivity index (χ1v) is 24.9. The SMILES string of the molecule is Cn1nc(NS(C)(=O)=O)c2c(Cl)ccc(-n3c([C@H](Cc4cc(F)cc(F)c4)NC(=O)Cn4nc(C(F)F)c5c4C(F)(F)C4CI54)nc4cc(-c5ccc(F)c(C#N)c5)ccc4c3=O)c21. The van der Waals surface area contributed by atoms with Crippen molar-refractivity contribution in [1.29, 1.82) is 5.26 Å². The Morgan fingerprint density at radius 2 is 1.73 bits per heavy atom. The van der Waals surface area contributed by atoms with Gasteiger partial charge >= 0.3 is 250 Å². The third kappa shape index (κ3) is 7.51. The number of hydrogen-bond acceptors (Lipinski definition) is 8. The summed E-state index contributed by atoms with van der Waals surface area (Å²) in [5.74, 6) is -7.95. The molecule has 4 aromatic carbocycles. The molecule has 0 saturated carbocycles. The zero-order valence-corrected chi connectivity index (χ0v) is 36.5. The van der Waals surface area contributed by atoms with Crippen LogP contribution < -0.4 is 15.6 Å². The molecule has 330 valence electrons.